The van der Waals surface area contributed by atoms with Crippen molar-refractivity contribution in [3.8, 4) is 5.75 Å². The normalized spacial score (nSPS) is 9.76. The van der Waals surface area contributed by atoms with Crippen LogP contribution >= 0.6 is 0 Å². The van der Waals surface area contributed by atoms with Crippen molar-refractivity contribution in [2.24, 2.45) is 5.73 Å². The van der Waals surface area contributed by atoms with Crippen LogP contribution in [0, 0.1) is 0 Å². The van der Waals surface area contributed by atoms with Crippen LogP contribution in [-0.4, -0.2) is 18.5 Å². The molecule has 2 N–H and O–H groups in total. The van der Waals surface area contributed by atoms with Gasteiger partial charge >= 0.3 is 11.9 Å². The van der Waals surface area contributed by atoms with Crippen molar-refractivity contribution >= 4 is 11.9 Å². The number of hydrogen-bond acceptors (Lipinski definition) is 5. The summed E-state index contributed by atoms with van der Waals surface area (Å²) in [6, 6.07) is 6.75. The van der Waals surface area contributed by atoms with E-state index in [0.717, 1.165) is 5.56 Å². The Morgan fingerprint density at radius 3 is 2.41 bits per heavy atom. The van der Waals surface area contributed by atoms with Gasteiger partial charge in [-0.25, -0.2) is 0 Å². The minimum atomic E-state index is -0.361. The third-order valence-electron chi connectivity index (χ3n) is 1.95. The summed E-state index contributed by atoms with van der Waals surface area (Å²) in [4.78, 5) is 21.7. The fourth-order valence-corrected chi connectivity index (χ4v) is 1.14. The fraction of sp³-hybridized carbons (Fsp3) is 0.333. The van der Waals surface area contributed by atoms with Crippen LogP contribution in [0.25, 0.3) is 0 Å². The van der Waals surface area contributed by atoms with Crippen LogP contribution < -0.4 is 10.5 Å². The second kappa shape index (κ2) is 6.65. The van der Waals surface area contributed by atoms with E-state index in [9.17, 15) is 9.59 Å². The molecule has 0 unspecified atom stereocenters. The van der Waals surface area contributed by atoms with Crippen LogP contribution in [0.4, 0.5) is 0 Å². The zero-order chi connectivity index (χ0) is 12.7. The number of rotatable bonds is 5. The lowest BCUT2D eigenvalue weighted by molar-refractivity contribution is -0.142. The summed E-state index contributed by atoms with van der Waals surface area (Å²) >= 11 is 0. The first kappa shape index (κ1) is 13.2. The highest BCUT2D eigenvalue weighted by Crippen LogP contribution is 2.13. The monoisotopic (exact) mass is 237 g/mol. The van der Waals surface area contributed by atoms with E-state index in [1.807, 2.05) is 0 Å². The topological polar surface area (TPSA) is 78.6 Å². The number of hydrogen-bond donors (Lipinski definition) is 1. The van der Waals surface area contributed by atoms with Gasteiger partial charge in [0, 0.05) is 13.5 Å². The van der Waals surface area contributed by atoms with Crippen LogP contribution in [0.2, 0.25) is 0 Å². The van der Waals surface area contributed by atoms with Crippen LogP contribution in [-0.2, 0) is 20.9 Å². The van der Waals surface area contributed by atoms with E-state index in [1.54, 1.807) is 24.3 Å². The van der Waals surface area contributed by atoms with E-state index in [1.165, 1.54) is 6.92 Å². The van der Waals surface area contributed by atoms with Gasteiger partial charge in [0.05, 0.1) is 6.42 Å². The number of esters is 2. The number of carbonyl (C=O) groups is 2. The van der Waals surface area contributed by atoms with Gasteiger partial charge in [-0.15, -0.1) is 0 Å². The SMILES string of the molecule is CC(=O)OCc1ccc(OC(=O)CCN)cc1. The maximum atomic E-state index is 11.1. The van der Waals surface area contributed by atoms with E-state index in [2.05, 4.69) is 0 Å². The number of ether oxygens (including phenoxy) is 2. The van der Waals surface area contributed by atoms with E-state index < -0.39 is 0 Å². The molecule has 0 aromatic heterocycles. The molecule has 1 rings (SSSR count). The Balaban J connectivity index is 2.49. The Kier molecular flexibility index (Phi) is 5.16. The fourth-order valence-electron chi connectivity index (χ4n) is 1.14. The van der Waals surface area contributed by atoms with Crippen LogP contribution in [0.1, 0.15) is 18.9 Å². The molecule has 0 saturated heterocycles. The summed E-state index contributed by atoms with van der Waals surface area (Å²) in [7, 11) is 0. The van der Waals surface area contributed by atoms with Gasteiger partial charge in [-0.3, -0.25) is 9.59 Å². The Bertz CT molecular complexity index is 386. The van der Waals surface area contributed by atoms with Crippen LogP contribution in [0.5, 0.6) is 5.75 Å². The lowest BCUT2D eigenvalue weighted by atomic mass is 10.2. The Labute approximate surface area is 99.5 Å². The van der Waals surface area contributed by atoms with E-state index in [0.29, 0.717) is 5.75 Å². The summed E-state index contributed by atoms with van der Waals surface area (Å²) in [5.41, 5.74) is 6.06. The zero-order valence-electron chi connectivity index (χ0n) is 9.64. The quantitative estimate of drug-likeness (QED) is 0.610. The molecule has 0 aliphatic heterocycles. The first-order chi connectivity index (χ1) is 8.11. The highest BCUT2D eigenvalue weighted by atomic mass is 16.5. The molecular formula is C12H15NO4. The van der Waals surface area contributed by atoms with E-state index >= 15 is 0 Å². The smallest absolute Gasteiger partial charge is 0.312 e. The number of benzene rings is 1. The minimum Gasteiger partial charge on any atom is -0.461 e. The van der Waals surface area contributed by atoms with Gasteiger partial charge in [0.15, 0.2) is 0 Å². The van der Waals surface area contributed by atoms with Crippen LogP contribution in [0.15, 0.2) is 24.3 Å². The molecule has 1 aromatic carbocycles. The average molecular weight is 237 g/mol. The highest BCUT2D eigenvalue weighted by molar-refractivity contribution is 5.72. The molecule has 17 heavy (non-hydrogen) atoms. The predicted octanol–water partition coefficient (Wildman–Crippen LogP) is 1.00. The summed E-state index contributed by atoms with van der Waals surface area (Å²) < 4.78 is 9.83. The zero-order valence-corrected chi connectivity index (χ0v) is 9.64. The Morgan fingerprint density at radius 2 is 1.88 bits per heavy atom. The van der Waals surface area contributed by atoms with Gasteiger partial charge in [-0.05, 0) is 17.7 Å². The molecule has 0 aliphatic carbocycles. The van der Waals surface area contributed by atoms with Gasteiger partial charge in [-0.2, -0.15) is 0 Å². The summed E-state index contributed by atoms with van der Waals surface area (Å²) in [6.45, 7) is 1.83. The average Bonchev–Trinajstić information content (AvgIpc) is 2.28. The maximum absolute atomic E-state index is 11.1. The van der Waals surface area contributed by atoms with Crippen molar-refractivity contribution in [3.63, 3.8) is 0 Å². The summed E-state index contributed by atoms with van der Waals surface area (Å²) in [5.74, 6) is -0.237. The minimum absolute atomic E-state index is 0.190. The molecule has 1 aromatic rings. The summed E-state index contributed by atoms with van der Waals surface area (Å²) in [5, 5.41) is 0. The van der Waals surface area contributed by atoms with Crippen molar-refractivity contribution in [1.82, 2.24) is 0 Å². The molecular weight excluding hydrogens is 222 g/mol. The lowest BCUT2D eigenvalue weighted by Gasteiger charge is -2.05. The molecule has 0 amide bonds. The third-order valence-corrected chi connectivity index (χ3v) is 1.95. The van der Waals surface area contributed by atoms with Crippen molar-refractivity contribution < 1.29 is 19.1 Å². The number of carbonyl (C=O) groups excluding carboxylic acids is 2. The number of nitrogens with two attached hydrogens (primary N) is 1. The largest absolute Gasteiger partial charge is 0.461 e. The predicted molar refractivity (Wildman–Crippen MR) is 61.2 cm³/mol. The Morgan fingerprint density at radius 1 is 1.24 bits per heavy atom. The lowest BCUT2D eigenvalue weighted by Crippen LogP contribution is -2.13. The van der Waals surface area contributed by atoms with Crippen molar-refractivity contribution in [3.05, 3.63) is 29.8 Å². The van der Waals surface area contributed by atoms with Gasteiger partial charge in [0.25, 0.3) is 0 Å². The van der Waals surface area contributed by atoms with Crippen molar-refractivity contribution in [2.45, 2.75) is 20.0 Å². The van der Waals surface area contributed by atoms with Crippen molar-refractivity contribution in [1.29, 1.82) is 0 Å². The van der Waals surface area contributed by atoms with E-state index in [4.69, 9.17) is 15.2 Å². The molecule has 0 aliphatic rings. The summed E-state index contributed by atoms with van der Waals surface area (Å²) in [6.07, 6.45) is 0.190. The van der Waals surface area contributed by atoms with Gasteiger partial charge in [0.2, 0.25) is 0 Å². The molecule has 0 heterocycles. The van der Waals surface area contributed by atoms with Crippen molar-refractivity contribution in [2.75, 3.05) is 6.54 Å². The highest BCUT2D eigenvalue weighted by Gasteiger charge is 2.03. The molecule has 0 atom stereocenters. The second-order valence-electron chi connectivity index (χ2n) is 3.44. The Hall–Kier alpha value is -1.88. The molecule has 0 saturated carbocycles. The third kappa shape index (κ3) is 5.12. The first-order valence-corrected chi connectivity index (χ1v) is 5.25. The molecule has 5 nitrogen and oxygen atoms in total. The molecule has 92 valence electrons. The van der Waals surface area contributed by atoms with Crippen LogP contribution in [0.3, 0.4) is 0 Å². The van der Waals surface area contributed by atoms with Gasteiger partial charge in [0.1, 0.15) is 12.4 Å². The second-order valence-corrected chi connectivity index (χ2v) is 3.44. The molecule has 0 spiro atoms. The standard InChI is InChI=1S/C12H15NO4/c1-9(14)16-8-10-2-4-11(5-3-10)17-12(15)6-7-13/h2-5H,6-8,13H2,1H3. The van der Waals surface area contributed by atoms with Gasteiger partial charge in [-0.1, -0.05) is 12.1 Å². The molecule has 0 fully saturated rings. The molecule has 0 radical (unpaired) electrons. The van der Waals surface area contributed by atoms with Gasteiger partial charge < -0.3 is 15.2 Å². The molecule has 0 bridgehead atoms. The van der Waals surface area contributed by atoms with E-state index in [-0.39, 0.29) is 31.5 Å². The first-order valence-electron chi connectivity index (χ1n) is 5.25. The molecule has 5 heteroatoms. The maximum Gasteiger partial charge on any atom is 0.312 e.